The molecule has 1 aromatic carbocycles. The summed E-state index contributed by atoms with van der Waals surface area (Å²) >= 11 is 0. The van der Waals surface area contributed by atoms with E-state index in [0.29, 0.717) is 0 Å². The van der Waals surface area contributed by atoms with Gasteiger partial charge in [-0.3, -0.25) is 0 Å². The van der Waals surface area contributed by atoms with Crippen molar-refractivity contribution in [2.24, 2.45) is 0 Å². The summed E-state index contributed by atoms with van der Waals surface area (Å²) in [7, 11) is 4.22. The van der Waals surface area contributed by atoms with Crippen molar-refractivity contribution in [1.29, 1.82) is 0 Å². The molecule has 0 unspecified atom stereocenters. The topological polar surface area (TPSA) is 15.3 Å². The summed E-state index contributed by atoms with van der Waals surface area (Å²) in [5, 5.41) is 3.19. The van der Waals surface area contributed by atoms with Crippen LogP contribution in [0.25, 0.3) is 0 Å². The Labute approximate surface area is 106 Å². The fourth-order valence-electron chi connectivity index (χ4n) is 1.94. The molecule has 0 saturated carbocycles. The lowest BCUT2D eigenvalue weighted by Gasteiger charge is -2.16. The molecule has 2 nitrogen and oxygen atoms in total. The molecule has 1 N–H and O–H groups in total. The number of benzene rings is 1. The first-order chi connectivity index (χ1) is 8.22. The minimum absolute atomic E-state index is 1.06. The van der Waals surface area contributed by atoms with Crippen LogP contribution in [-0.2, 0) is 6.54 Å². The molecule has 1 rings (SSSR count). The van der Waals surface area contributed by atoms with E-state index in [1.54, 1.807) is 0 Å². The van der Waals surface area contributed by atoms with Crippen LogP contribution in [0.1, 0.15) is 30.4 Å². The average molecular weight is 234 g/mol. The van der Waals surface area contributed by atoms with Gasteiger partial charge in [0, 0.05) is 6.54 Å². The molecule has 96 valence electrons. The SMILES string of the molecule is CNCCCCCN(C)Cc1ccc(C)cc1. The maximum atomic E-state index is 3.19. The fraction of sp³-hybridized carbons (Fsp3) is 0.600. The molecule has 0 heterocycles. The number of unbranched alkanes of at least 4 members (excludes halogenated alkanes) is 2. The van der Waals surface area contributed by atoms with Gasteiger partial charge in [0.1, 0.15) is 0 Å². The Morgan fingerprint density at radius 3 is 2.41 bits per heavy atom. The Hall–Kier alpha value is -0.860. The van der Waals surface area contributed by atoms with E-state index in [1.807, 2.05) is 7.05 Å². The van der Waals surface area contributed by atoms with Crippen LogP contribution in [0.15, 0.2) is 24.3 Å². The summed E-state index contributed by atoms with van der Waals surface area (Å²) < 4.78 is 0. The van der Waals surface area contributed by atoms with Crippen LogP contribution in [0, 0.1) is 6.92 Å². The van der Waals surface area contributed by atoms with E-state index in [4.69, 9.17) is 0 Å². The van der Waals surface area contributed by atoms with Crippen molar-refractivity contribution in [2.45, 2.75) is 32.7 Å². The highest BCUT2D eigenvalue weighted by molar-refractivity contribution is 5.21. The third-order valence-electron chi connectivity index (χ3n) is 3.04. The molecule has 0 fully saturated rings. The number of rotatable bonds is 8. The summed E-state index contributed by atoms with van der Waals surface area (Å²) in [4.78, 5) is 2.41. The van der Waals surface area contributed by atoms with Gasteiger partial charge in [-0.1, -0.05) is 36.2 Å². The van der Waals surface area contributed by atoms with Crippen molar-refractivity contribution in [1.82, 2.24) is 10.2 Å². The number of aryl methyl sites for hydroxylation is 1. The Balaban J connectivity index is 2.16. The van der Waals surface area contributed by atoms with Crippen LogP contribution in [-0.4, -0.2) is 32.1 Å². The van der Waals surface area contributed by atoms with Crippen molar-refractivity contribution in [2.75, 3.05) is 27.2 Å². The molecular weight excluding hydrogens is 208 g/mol. The molecule has 0 bridgehead atoms. The molecule has 17 heavy (non-hydrogen) atoms. The second-order valence-electron chi connectivity index (χ2n) is 4.89. The molecule has 0 radical (unpaired) electrons. The minimum Gasteiger partial charge on any atom is -0.320 e. The second-order valence-corrected chi connectivity index (χ2v) is 4.89. The van der Waals surface area contributed by atoms with Gasteiger partial charge in [-0.15, -0.1) is 0 Å². The molecular formula is C15H26N2. The smallest absolute Gasteiger partial charge is 0.0230 e. The van der Waals surface area contributed by atoms with Gasteiger partial charge in [-0.2, -0.15) is 0 Å². The quantitative estimate of drug-likeness (QED) is 0.696. The molecule has 0 saturated heterocycles. The molecule has 0 aliphatic heterocycles. The molecule has 0 spiro atoms. The Morgan fingerprint density at radius 2 is 1.76 bits per heavy atom. The summed E-state index contributed by atoms with van der Waals surface area (Å²) in [5.74, 6) is 0. The highest BCUT2D eigenvalue weighted by atomic mass is 15.1. The number of hydrogen-bond acceptors (Lipinski definition) is 2. The van der Waals surface area contributed by atoms with Crippen molar-refractivity contribution in [3.05, 3.63) is 35.4 Å². The monoisotopic (exact) mass is 234 g/mol. The fourth-order valence-corrected chi connectivity index (χ4v) is 1.94. The van der Waals surface area contributed by atoms with Crippen molar-refractivity contribution in [3.8, 4) is 0 Å². The molecule has 0 amide bonds. The van der Waals surface area contributed by atoms with E-state index in [9.17, 15) is 0 Å². The standard InChI is InChI=1S/C15H26N2/c1-14-7-9-15(10-8-14)13-17(3)12-6-4-5-11-16-2/h7-10,16H,4-6,11-13H2,1-3H3. The summed E-state index contributed by atoms with van der Waals surface area (Å²) in [6.45, 7) is 5.53. The normalized spacial score (nSPS) is 11.1. The van der Waals surface area contributed by atoms with E-state index in [-0.39, 0.29) is 0 Å². The van der Waals surface area contributed by atoms with E-state index in [0.717, 1.165) is 13.1 Å². The zero-order valence-electron chi connectivity index (χ0n) is 11.5. The van der Waals surface area contributed by atoms with E-state index in [2.05, 4.69) is 48.5 Å². The average Bonchev–Trinajstić information content (AvgIpc) is 2.32. The maximum absolute atomic E-state index is 3.19. The van der Waals surface area contributed by atoms with Crippen LogP contribution in [0.2, 0.25) is 0 Å². The summed E-state index contributed by atoms with van der Waals surface area (Å²) in [5.41, 5.74) is 2.75. The predicted molar refractivity (Wildman–Crippen MR) is 75.3 cm³/mol. The minimum atomic E-state index is 1.06. The van der Waals surface area contributed by atoms with E-state index >= 15 is 0 Å². The van der Waals surface area contributed by atoms with Gasteiger partial charge in [0.2, 0.25) is 0 Å². The zero-order valence-corrected chi connectivity index (χ0v) is 11.5. The van der Waals surface area contributed by atoms with Gasteiger partial charge >= 0.3 is 0 Å². The highest BCUT2D eigenvalue weighted by Gasteiger charge is 1.99. The largest absolute Gasteiger partial charge is 0.320 e. The lowest BCUT2D eigenvalue weighted by molar-refractivity contribution is 0.317. The zero-order chi connectivity index (χ0) is 12.5. The van der Waals surface area contributed by atoms with Crippen molar-refractivity contribution in [3.63, 3.8) is 0 Å². The van der Waals surface area contributed by atoms with E-state index in [1.165, 1.54) is 36.9 Å². The lowest BCUT2D eigenvalue weighted by atomic mass is 10.1. The molecule has 1 aromatic rings. The maximum Gasteiger partial charge on any atom is 0.0230 e. The van der Waals surface area contributed by atoms with Crippen molar-refractivity contribution >= 4 is 0 Å². The van der Waals surface area contributed by atoms with Crippen molar-refractivity contribution < 1.29 is 0 Å². The molecule has 2 heteroatoms. The van der Waals surface area contributed by atoms with Crippen LogP contribution in [0.3, 0.4) is 0 Å². The van der Waals surface area contributed by atoms with Crippen LogP contribution in [0.4, 0.5) is 0 Å². The van der Waals surface area contributed by atoms with Gasteiger partial charge in [0.05, 0.1) is 0 Å². The van der Waals surface area contributed by atoms with Crippen LogP contribution >= 0.6 is 0 Å². The van der Waals surface area contributed by atoms with Gasteiger partial charge in [-0.25, -0.2) is 0 Å². The first-order valence-corrected chi connectivity index (χ1v) is 6.61. The van der Waals surface area contributed by atoms with E-state index < -0.39 is 0 Å². The van der Waals surface area contributed by atoms with Crippen LogP contribution in [0.5, 0.6) is 0 Å². The third kappa shape index (κ3) is 6.44. The first-order valence-electron chi connectivity index (χ1n) is 6.61. The molecule has 0 aromatic heterocycles. The molecule has 0 atom stereocenters. The first kappa shape index (κ1) is 14.2. The summed E-state index contributed by atoms with van der Waals surface area (Å²) in [6, 6.07) is 8.84. The predicted octanol–water partition coefficient (Wildman–Crippen LogP) is 2.82. The van der Waals surface area contributed by atoms with Crippen LogP contribution < -0.4 is 5.32 Å². The Morgan fingerprint density at radius 1 is 1.06 bits per heavy atom. The second kappa shape index (κ2) is 8.26. The highest BCUT2D eigenvalue weighted by Crippen LogP contribution is 2.06. The van der Waals surface area contributed by atoms with Gasteiger partial charge in [0.25, 0.3) is 0 Å². The third-order valence-corrected chi connectivity index (χ3v) is 3.04. The lowest BCUT2D eigenvalue weighted by Crippen LogP contribution is -2.19. The Kier molecular flexibility index (Phi) is 6.90. The Bertz CT molecular complexity index is 292. The number of nitrogens with one attached hydrogen (secondary N) is 1. The van der Waals surface area contributed by atoms with Gasteiger partial charge in [-0.05, 0) is 52.5 Å². The molecule has 0 aliphatic rings. The summed E-state index contributed by atoms with van der Waals surface area (Å²) in [6.07, 6.45) is 3.90. The number of hydrogen-bond donors (Lipinski definition) is 1. The van der Waals surface area contributed by atoms with Gasteiger partial charge < -0.3 is 10.2 Å². The molecule has 0 aliphatic carbocycles. The van der Waals surface area contributed by atoms with Gasteiger partial charge in [0.15, 0.2) is 0 Å². The number of nitrogens with zero attached hydrogens (tertiary/aromatic N) is 1.